The summed E-state index contributed by atoms with van der Waals surface area (Å²) in [6.45, 7) is 2.81. The van der Waals surface area contributed by atoms with E-state index in [1.54, 1.807) is 11.9 Å². The van der Waals surface area contributed by atoms with Crippen molar-refractivity contribution in [1.29, 1.82) is 0 Å². The molecule has 0 aliphatic carbocycles. The molecule has 0 spiro atoms. The zero-order valence-corrected chi connectivity index (χ0v) is 12.1. The Bertz CT molecular complexity index is 354. The molecule has 1 aliphatic heterocycles. The van der Waals surface area contributed by atoms with E-state index in [0.717, 1.165) is 25.7 Å². The van der Waals surface area contributed by atoms with Crippen LogP contribution < -0.4 is 5.32 Å². The Morgan fingerprint density at radius 1 is 1.28 bits per heavy atom. The van der Waals surface area contributed by atoms with E-state index in [-0.39, 0.29) is 23.5 Å². The average Bonchev–Trinajstić information content (AvgIpc) is 2.34. The highest BCUT2D eigenvalue weighted by atomic mass is 32.2. The molecule has 0 radical (unpaired) electrons. The molecule has 1 fully saturated rings. The van der Waals surface area contributed by atoms with Gasteiger partial charge in [-0.05, 0) is 13.5 Å². The maximum atomic E-state index is 12.2. The molecule has 0 aromatic carbocycles. The normalized spacial score (nSPS) is 20.7. The van der Waals surface area contributed by atoms with Crippen molar-refractivity contribution in [1.82, 2.24) is 10.2 Å². The van der Waals surface area contributed by atoms with Crippen molar-refractivity contribution >= 4 is 15.7 Å². The number of sulfone groups is 1. The van der Waals surface area contributed by atoms with Crippen molar-refractivity contribution in [3.8, 4) is 0 Å². The third-order valence-corrected chi connectivity index (χ3v) is 5.01. The Balaban J connectivity index is 2.46. The summed E-state index contributed by atoms with van der Waals surface area (Å²) in [5.41, 5.74) is 0. The van der Waals surface area contributed by atoms with Gasteiger partial charge in [-0.15, -0.1) is 0 Å². The molecule has 0 unspecified atom stereocenters. The highest BCUT2D eigenvalue weighted by Crippen LogP contribution is 2.10. The molecule has 1 rings (SSSR count). The average molecular weight is 276 g/mol. The van der Waals surface area contributed by atoms with Gasteiger partial charge in [0.1, 0.15) is 0 Å². The lowest BCUT2D eigenvalue weighted by atomic mass is 10.1. The first-order valence-corrected chi connectivity index (χ1v) is 8.48. The first-order chi connectivity index (χ1) is 8.50. The van der Waals surface area contributed by atoms with Crippen LogP contribution in [0, 0.1) is 0 Å². The molecule has 18 heavy (non-hydrogen) atoms. The highest BCUT2D eigenvalue weighted by molar-refractivity contribution is 7.91. The van der Waals surface area contributed by atoms with E-state index in [4.69, 9.17) is 0 Å². The van der Waals surface area contributed by atoms with Crippen LogP contribution in [0.4, 0.5) is 0 Å². The van der Waals surface area contributed by atoms with Gasteiger partial charge in [-0.3, -0.25) is 4.79 Å². The number of amides is 1. The summed E-state index contributed by atoms with van der Waals surface area (Å²) in [4.78, 5) is 13.9. The van der Waals surface area contributed by atoms with Crippen molar-refractivity contribution < 1.29 is 13.2 Å². The Labute approximate surface area is 110 Å². The fourth-order valence-electron chi connectivity index (χ4n) is 2.14. The van der Waals surface area contributed by atoms with Crippen LogP contribution in [0.2, 0.25) is 0 Å². The Morgan fingerprint density at radius 2 is 1.89 bits per heavy atom. The lowest BCUT2D eigenvalue weighted by Crippen LogP contribution is -2.51. The number of carbonyl (C=O) groups excluding carboxylic acids is 1. The largest absolute Gasteiger partial charge is 0.339 e. The number of nitrogens with one attached hydrogen (secondary N) is 1. The van der Waals surface area contributed by atoms with E-state index in [9.17, 15) is 13.2 Å². The summed E-state index contributed by atoms with van der Waals surface area (Å²) in [5, 5.41) is 3.04. The van der Waals surface area contributed by atoms with Gasteiger partial charge in [-0.2, -0.15) is 0 Å². The van der Waals surface area contributed by atoms with Crippen molar-refractivity contribution in [2.45, 2.75) is 38.6 Å². The molecule has 1 aliphatic rings. The summed E-state index contributed by atoms with van der Waals surface area (Å²) >= 11 is 0. The van der Waals surface area contributed by atoms with Crippen LogP contribution in [0.15, 0.2) is 0 Å². The van der Waals surface area contributed by atoms with Crippen molar-refractivity contribution in [2.75, 3.05) is 31.6 Å². The molecule has 6 heteroatoms. The number of carbonyl (C=O) groups is 1. The van der Waals surface area contributed by atoms with Gasteiger partial charge < -0.3 is 10.2 Å². The van der Waals surface area contributed by atoms with E-state index in [1.807, 2.05) is 0 Å². The summed E-state index contributed by atoms with van der Waals surface area (Å²) in [6.07, 6.45) is 4.11. The first kappa shape index (κ1) is 15.4. The third kappa shape index (κ3) is 4.57. The molecule has 0 aromatic heterocycles. The van der Waals surface area contributed by atoms with Gasteiger partial charge in [0.25, 0.3) is 0 Å². The molecule has 1 amide bonds. The van der Waals surface area contributed by atoms with E-state index in [2.05, 4.69) is 12.2 Å². The smallest absolute Gasteiger partial charge is 0.239 e. The predicted molar refractivity (Wildman–Crippen MR) is 72.2 cm³/mol. The highest BCUT2D eigenvalue weighted by Gasteiger charge is 2.28. The van der Waals surface area contributed by atoms with Gasteiger partial charge in [0.15, 0.2) is 9.84 Å². The summed E-state index contributed by atoms with van der Waals surface area (Å²) in [6, 6.07) is -0.169. The van der Waals surface area contributed by atoms with Crippen molar-refractivity contribution in [3.05, 3.63) is 0 Å². The summed E-state index contributed by atoms with van der Waals surface area (Å²) < 4.78 is 22.6. The minimum Gasteiger partial charge on any atom is -0.339 e. The minimum absolute atomic E-state index is 0.0449. The molecule has 1 atom stereocenters. The molecule has 0 saturated carbocycles. The maximum absolute atomic E-state index is 12.2. The Morgan fingerprint density at radius 3 is 2.39 bits per heavy atom. The van der Waals surface area contributed by atoms with E-state index < -0.39 is 9.84 Å². The van der Waals surface area contributed by atoms with Crippen LogP contribution in [0.1, 0.15) is 32.6 Å². The fraction of sp³-hybridized carbons (Fsp3) is 0.917. The fourth-order valence-corrected chi connectivity index (χ4v) is 3.34. The van der Waals surface area contributed by atoms with Gasteiger partial charge in [-0.25, -0.2) is 8.42 Å². The summed E-state index contributed by atoms with van der Waals surface area (Å²) in [7, 11) is -1.13. The van der Waals surface area contributed by atoms with E-state index in [0.29, 0.717) is 13.1 Å². The number of rotatable bonds is 6. The molecule has 0 aromatic rings. The number of hydrogen-bond donors (Lipinski definition) is 1. The van der Waals surface area contributed by atoms with Gasteiger partial charge >= 0.3 is 0 Å². The lowest BCUT2D eigenvalue weighted by Gasteiger charge is -2.30. The van der Waals surface area contributed by atoms with Gasteiger partial charge in [-0.1, -0.05) is 26.2 Å². The standard InChI is InChI=1S/C12H24N2O3S/c1-3-4-5-6-11(13-2)12(15)14-7-9-18(16,17)10-8-14/h11,13H,3-10H2,1-2H3/t11-/m0/s1. The molecule has 1 saturated heterocycles. The van der Waals surface area contributed by atoms with Crippen LogP contribution in [0.5, 0.6) is 0 Å². The number of nitrogens with zero attached hydrogens (tertiary/aromatic N) is 1. The SMILES string of the molecule is CCCCC[C@H](NC)C(=O)N1CCS(=O)(=O)CC1. The third-order valence-electron chi connectivity index (χ3n) is 3.40. The zero-order chi connectivity index (χ0) is 13.6. The van der Waals surface area contributed by atoms with E-state index in [1.165, 1.54) is 0 Å². The zero-order valence-electron chi connectivity index (χ0n) is 11.3. The second-order valence-corrected chi connectivity index (χ2v) is 7.12. The van der Waals surface area contributed by atoms with Crippen molar-refractivity contribution in [2.24, 2.45) is 0 Å². The molecule has 106 valence electrons. The molecule has 1 heterocycles. The Hall–Kier alpha value is -0.620. The minimum atomic E-state index is -2.92. The molecule has 1 N–H and O–H groups in total. The first-order valence-electron chi connectivity index (χ1n) is 6.66. The van der Waals surface area contributed by atoms with Gasteiger partial charge in [0.2, 0.25) is 5.91 Å². The molecular formula is C12H24N2O3S. The number of likely N-dealkylation sites (N-methyl/N-ethyl adjacent to an activating group) is 1. The predicted octanol–water partition coefficient (Wildman–Crippen LogP) is 0.412. The monoisotopic (exact) mass is 276 g/mol. The van der Waals surface area contributed by atoms with Crippen LogP contribution in [-0.4, -0.2) is 56.9 Å². The van der Waals surface area contributed by atoms with Crippen LogP contribution in [0.25, 0.3) is 0 Å². The molecular weight excluding hydrogens is 252 g/mol. The van der Waals surface area contributed by atoms with Crippen LogP contribution in [-0.2, 0) is 14.6 Å². The van der Waals surface area contributed by atoms with Crippen LogP contribution >= 0.6 is 0 Å². The number of unbranched alkanes of at least 4 members (excludes halogenated alkanes) is 2. The quantitative estimate of drug-likeness (QED) is 0.714. The second kappa shape index (κ2) is 7.09. The lowest BCUT2D eigenvalue weighted by molar-refractivity contribution is -0.133. The Kier molecular flexibility index (Phi) is 6.08. The van der Waals surface area contributed by atoms with Crippen molar-refractivity contribution in [3.63, 3.8) is 0 Å². The second-order valence-electron chi connectivity index (χ2n) is 4.81. The van der Waals surface area contributed by atoms with Crippen LogP contribution in [0.3, 0.4) is 0 Å². The molecule has 0 bridgehead atoms. The summed E-state index contributed by atoms with van der Waals surface area (Å²) in [5.74, 6) is 0.248. The van der Waals surface area contributed by atoms with Gasteiger partial charge in [0.05, 0.1) is 17.5 Å². The maximum Gasteiger partial charge on any atom is 0.239 e. The van der Waals surface area contributed by atoms with E-state index >= 15 is 0 Å². The number of hydrogen-bond acceptors (Lipinski definition) is 4. The van der Waals surface area contributed by atoms with Gasteiger partial charge in [0, 0.05) is 13.1 Å². The molecule has 5 nitrogen and oxygen atoms in total. The topological polar surface area (TPSA) is 66.5 Å².